The third kappa shape index (κ3) is 5.48. The van der Waals surface area contributed by atoms with E-state index in [2.05, 4.69) is 5.32 Å². The van der Waals surface area contributed by atoms with Crippen molar-refractivity contribution in [3.8, 4) is 0 Å². The Morgan fingerprint density at radius 1 is 1.00 bits per heavy atom. The Labute approximate surface area is 230 Å². The molecule has 0 radical (unpaired) electrons. The molecule has 0 aromatic heterocycles. The number of fused-ring (bicyclic) bond motifs is 1. The topological polar surface area (TPSA) is 105 Å². The average molecular weight is 553 g/mol. The summed E-state index contributed by atoms with van der Waals surface area (Å²) in [4.78, 5) is 42.4. The van der Waals surface area contributed by atoms with Crippen LogP contribution in [0.25, 0.3) is 0 Å². The average Bonchev–Trinajstić information content (AvgIpc) is 2.90. The molecule has 196 valence electrons. The van der Waals surface area contributed by atoms with Gasteiger partial charge in [-0.1, -0.05) is 35.3 Å². The normalized spacial score (nSPS) is 16.1. The van der Waals surface area contributed by atoms with Crippen LogP contribution in [0.15, 0.2) is 60.7 Å². The fourth-order valence-corrected chi connectivity index (χ4v) is 5.34. The fraction of sp³-hybridized carbons (Fsp3) is 0.250. The molecule has 0 unspecified atom stereocenters. The second kappa shape index (κ2) is 11.0. The number of nitrogens with zero attached hydrogens (tertiary/aromatic N) is 2. The highest BCUT2D eigenvalue weighted by Crippen LogP contribution is 2.33. The van der Waals surface area contributed by atoms with Gasteiger partial charge in [0.05, 0.1) is 22.9 Å². The maximum Gasteiger partial charge on any atom is 0.414 e. The number of hydrogen-bond donors (Lipinski definition) is 2. The first-order chi connectivity index (χ1) is 18.3. The van der Waals surface area contributed by atoms with Crippen LogP contribution in [-0.4, -0.2) is 48.4 Å². The van der Waals surface area contributed by atoms with Gasteiger partial charge in [0.1, 0.15) is 6.61 Å². The molecule has 3 aromatic rings. The van der Waals surface area contributed by atoms with Crippen molar-refractivity contribution in [3.05, 3.63) is 87.4 Å². The molecule has 38 heavy (non-hydrogen) atoms. The number of ketones is 1. The Bertz CT molecular complexity index is 1410. The molecule has 8 nitrogen and oxygen atoms in total. The van der Waals surface area contributed by atoms with Gasteiger partial charge in [0, 0.05) is 46.5 Å². The van der Waals surface area contributed by atoms with Gasteiger partial charge in [0.2, 0.25) is 5.91 Å². The first-order valence-electron chi connectivity index (χ1n) is 12.3. The van der Waals surface area contributed by atoms with Crippen LogP contribution in [-0.2, 0) is 16.1 Å². The number of hydrogen-bond acceptors (Lipinski definition) is 6. The lowest BCUT2D eigenvalue weighted by molar-refractivity contribution is -0.117. The Balaban J connectivity index is 1.23. The Morgan fingerprint density at radius 3 is 2.53 bits per heavy atom. The predicted octanol–water partition coefficient (Wildman–Crippen LogP) is 5.37. The van der Waals surface area contributed by atoms with Crippen molar-refractivity contribution in [1.29, 1.82) is 0 Å². The summed E-state index contributed by atoms with van der Waals surface area (Å²) >= 11 is 12.4. The van der Waals surface area contributed by atoms with Crippen molar-refractivity contribution in [1.82, 2.24) is 4.90 Å². The van der Waals surface area contributed by atoms with Gasteiger partial charge in [-0.3, -0.25) is 19.4 Å². The molecule has 0 spiro atoms. The Morgan fingerprint density at radius 2 is 1.76 bits per heavy atom. The molecule has 3 N–H and O–H groups in total. The van der Waals surface area contributed by atoms with E-state index in [1.165, 1.54) is 6.07 Å². The van der Waals surface area contributed by atoms with Gasteiger partial charge in [-0.05, 0) is 61.4 Å². The maximum absolute atomic E-state index is 13.2. The van der Waals surface area contributed by atoms with E-state index in [1.807, 2.05) is 17.0 Å². The predicted molar refractivity (Wildman–Crippen MR) is 148 cm³/mol. The monoisotopic (exact) mass is 552 g/mol. The molecule has 5 rings (SSSR count). The maximum atomic E-state index is 13.2. The van der Waals surface area contributed by atoms with Crippen molar-refractivity contribution in [2.75, 3.05) is 35.6 Å². The second-order valence-corrected chi connectivity index (χ2v) is 10.2. The summed E-state index contributed by atoms with van der Waals surface area (Å²) in [5.41, 5.74) is 9.19. The molecule has 2 aliphatic rings. The summed E-state index contributed by atoms with van der Waals surface area (Å²) in [6.07, 6.45) is 1.00. The zero-order valence-electron chi connectivity index (χ0n) is 20.5. The van der Waals surface area contributed by atoms with Gasteiger partial charge in [-0.15, -0.1) is 0 Å². The zero-order valence-corrected chi connectivity index (χ0v) is 22.0. The summed E-state index contributed by atoms with van der Waals surface area (Å²) in [7, 11) is 0. The molecular formula is C28H26Cl2N4O4. The lowest BCUT2D eigenvalue weighted by Gasteiger charge is -2.40. The number of nitrogens with one attached hydrogen (secondary N) is 1. The van der Waals surface area contributed by atoms with Crippen molar-refractivity contribution in [3.63, 3.8) is 0 Å². The number of ether oxygens (including phenoxy) is 1. The van der Waals surface area contributed by atoms with Gasteiger partial charge in [0.25, 0.3) is 0 Å². The lowest BCUT2D eigenvalue weighted by atomic mass is 10.0. The lowest BCUT2D eigenvalue weighted by Crippen LogP contribution is -2.50. The first-order valence-corrected chi connectivity index (χ1v) is 13.0. The van der Waals surface area contributed by atoms with Crippen LogP contribution in [0.5, 0.6) is 0 Å². The molecular weight excluding hydrogens is 527 g/mol. The molecule has 0 saturated carbocycles. The largest absolute Gasteiger partial charge is 0.444 e. The van der Waals surface area contributed by atoms with Crippen LogP contribution in [0.4, 0.5) is 21.9 Å². The number of carbonyl (C=O) groups is 3. The summed E-state index contributed by atoms with van der Waals surface area (Å²) in [6, 6.07) is 16.9. The van der Waals surface area contributed by atoms with Crippen molar-refractivity contribution in [2.45, 2.75) is 25.5 Å². The second-order valence-electron chi connectivity index (χ2n) is 9.37. The number of anilines is 3. The molecule has 1 fully saturated rings. The van der Waals surface area contributed by atoms with Crippen LogP contribution in [0.3, 0.4) is 0 Å². The van der Waals surface area contributed by atoms with E-state index < -0.39 is 0 Å². The quantitative estimate of drug-likeness (QED) is 0.314. The number of nitrogens with two attached hydrogens (primary N) is 1. The molecule has 10 heteroatoms. The molecule has 1 saturated heterocycles. The number of likely N-dealkylation sites (tertiary alicyclic amines) is 1. The minimum absolute atomic E-state index is 0.0411. The summed E-state index contributed by atoms with van der Waals surface area (Å²) in [6.45, 7) is 1.60. The van der Waals surface area contributed by atoms with E-state index in [4.69, 9.17) is 33.7 Å². The molecule has 2 aliphatic heterocycles. The minimum Gasteiger partial charge on any atom is -0.444 e. The van der Waals surface area contributed by atoms with Gasteiger partial charge >= 0.3 is 6.09 Å². The molecule has 2 amide bonds. The zero-order chi connectivity index (χ0) is 26.8. The number of amides is 2. The number of piperidine rings is 1. The highest BCUT2D eigenvalue weighted by molar-refractivity contribution is 6.36. The smallest absolute Gasteiger partial charge is 0.414 e. The van der Waals surface area contributed by atoms with E-state index >= 15 is 0 Å². The van der Waals surface area contributed by atoms with Crippen molar-refractivity contribution >= 4 is 58.0 Å². The summed E-state index contributed by atoms with van der Waals surface area (Å²) < 4.78 is 5.37. The highest BCUT2D eigenvalue weighted by Gasteiger charge is 2.34. The third-order valence-corrected chi connectivity index (χ3v) is 7.38. The van der Waals surface area contributed by atoms with Crippen molar-refractivity contribution < 1.29 is 19.1 Å². The fourth-order valence-electron chi connectivity index (χ4n) is 4.94. The van der Waals surface area contributed by atoms with Gasteiger partial charge in [-0.2, -0.15) is 0 Å². The van der Waals surface area contributed by atoms with E-state index in [0.717, 1.165) is 11.3 Å². The van der Waals surface area contributed by atoms with Crippen LogP contribution in [0, 0.1) is 0 Å². The van der Waals surface area contributed by atoms with Crippen molar-refractivity contribution in [2.24, 2.45) is 0 Å². The number of halogens is 2. The third-order valence-electron chi connectivity index (χ3n) is 6.82. The van der Waals surface area contributed by atoms with Crippen LogP contribution >= 0.6 is 23.2 Å². The van der Waals surface area contributed by atoms with E-state index in [9.17, 15) is 14.4 Å². The van der Waals surface area contributed by atoms with E-state index in [-0.39, 0.29) is 42.5 Å². The number of nitrogen functional groups attached to an aromatic ring is 1. The van der Waals surface area contributed by atoms with E-state index in [1.54, 1.807) is 47.4 Å². The van der Waals surface area contributed by atoms with Crippen LogP contribution in [0.2, 0.25) is 10.0 Å². The molecule has 0 atom stereocenters. The van der Waals surface area contributed by atoms with Crippen LogP contribution in [0.1, 0.15) is 34.3 Å². The number of rotatable bonds is 6. The first kappa shape index (κ1) is 26.0. The number of cyclic esters (lactones) is 1. The minimum atomic E-state index is -0.364. The molecule has 2 heterocycles. The van der Waals surface area contributed by atoms with Gasteiger partial charge in [0.15, 0.2) is 5.78 Å². The van der Waals surface area contributed by atoms with Gasteiger partial charge < -0.3 is 15.8 Å². The Kier molecular flexibility index (Phi) is 7.56. The molecule has 0 bridgehead atoms. The Hall–Kier alpha value is -3.59. The standard InChI is InChI=1S/C28H26Cl2N4O4/c29-18-5-7-24(22(14-18)27(36)21-3-1-2-4-23(21)30)32-26(35)15-33-11-9-20(10-12-33)34-25-8-6-19(31)13-17(25)16-38-28(34)37/h1-8,13-14,20H,9-12,15-16,31H2,(H,32,35). The van der Waals surface area contributed by atoms with Crippen LogP contribution < -0.4 is 16.0 Å². The SMILES string of the molecule is Nc1ccc2c(c1)COC(=O)N2C1CCN(CC(=O)Nc2ccc(Cl)cc2C(=O)c2ccccc2Cl)CC1. The number of carbonyl (C=O) groups excluding carboxylic acids is 3. The van der Waals surface area contributed by atoms with E-state index in [0.29, 0.717) is 52.9 Å². The highest BCUT2D eigenvalue weighted by atomic mass is 35.5. The molecule has 3 aromatic carbocycles. The number of benzene rings is 3. The summed E-state index contributed by atoms with van der Waals surface area (Å²) in [5.74, 6) is -0.582. The molecule has 0 aliphatic carbocycles. The van der Waals surface area contributed by atoms with Gasteiger partial charge in [-0.25, -0.2) is 4.79 Å². The summed E-state index contributed by atoms with van der Waals surface area (Å²) in [5, 5.41) is 3.55.